The van der Waals surface area contributed by atoms with E-state index in [4.69, 9.17) is 9.97 Å². The predicted octanol–water partition coefficient (Wildman–Crippen LogP) is 4.03. The summed E-state index contributed by atoms with van der Waals surface area (Å²) in [5, 5.41) is 0. The van der Waals surface area contributed by atoms with Crippen LogP contribution in [0.2, 0.25) is 0 Å². The molecule has 1 aliphatic heterocycles. The maximum absolute atomic E-state index is 4.75. The smallest absolute Gasteiger partial charge is 0.135 e. The van der Waals surface area contributed by atoms with E-state index < -0.39 is 0 Å². The van der Waals surface area contributed by atoms with Crippen molar-refractivity contribution >= 4 is 5.82 Å². The van der Waals surface area contributed by atoms with Crippen molar-refractivity contribution in [2.75, 3.05) is 18.0 Å². The molecule has 0 bridgehead atoms. The van der Waals surface area contributed by atoms with Crippen LogP contribution < -0.4 is 4.90 Å². The molecule has 1 saturated heterocycles. The van der Waals surface area contributed by atoms with Gasteiger partial charge in [-0.3, -0.25) is 0 Å². The molecule has 0 spiro atoms. The zero-order chi connectivity index (χ0) is 18.8. The highest BCUT2D eigenvalue weighted by atomic mass is 15.2. The van der Waals surface area contributed by atoms with Crippen molar-refractivity contribution in [2.24, 2.45) is 0 Å². The van der Waals surface area contributed by atoms with E-state index in [0.717, 1.165) is 43.4 Å². The lowest BCUT2D eigenvalue weighted by atomic mass is 9.96. The molecule has 4 rings (SSSR count). The van der Waals surface area contributed by atoms with Crippen molar-refractivity contribution in [1.29, 1.82) is 0 Å². The number of hydrogen-bond donors (Lipinski definition) is 0. The molecule has 1 atom stereocenters. The zero-order valence-corrected chi connectivity index (χ0v) is 16.4. The van der Waals surface area contributed by atoms with E-state index in [2.05, 4.69) is 64.8 Å². The van der Waals surface area contributed by atoms with Crippen LogP contribution >= 0.6 is 0 Å². The monoisotopic (exact) mass is 361 g/mol. The van der Waals surface area contributed by atoms with E-state index in [-0.39, 0.29) is 0 Å². The SMILES string of the molecule is Cc1nc(C)c(C)c(N2CCC[C@H](c3nccn3Cc3ccccc3)C2)n1. The minimum Gasteiger partial charge on any atom is -0.356 e. The molecule has 0 radical (unpaired) electrons. The molecule has 3 aromatic rings. The summed E-state index contributed by atoms with van der Waals surface area (Å²) in [7, 11) is 0. The Hall–Kier alpha value is -2.69. The number of nitrogens with zero attached hydrogens (tertiary/aromatic N) is 5. The van der Waals surface area contributed by atoms with Gasteiger partial charge >= 0.3 is 0 Å². The van der Waals surface area contributed by atoms with E-state index in [0.29, 0.717) is 5.92 Å². The van der Waals surface area contributed by atoms with E-state index >= 15 is 0 Å². The number of anilines is 1. The van der Waals surface area contributed by atoms with E-state index in [1.54, 1.807) is 0 Å². The van der Waals surface area contributed by atoms with Crippen LogP contribution in [0, 0.1) is 20.8 Å². The molecule has 0 N–H and O–H groups in total. The van der Waals surface area contributed by atoms with Gasteiger partial charge in [-0.25, -0.2) is 15.0 Å². The molecule has 1 aliphatic rings. The third kappa shape index (κ3) is 3.72. The lowest BCUT2D eigenvalue weighted by molar-refractivity contribution is 0.473. The normalized spacial score (nSPS) is 17.3. The molecule has 5 heteroatoms. The first kappa shape index (κ1) is 17.7. The molecule has 0 saturated carbocycles. The summed E-state index contributed by atoms with van der Waals surface area (Å²) in [5.74, 6) is 3.54. The first-order chi connectivity index (χ1) is 13.1. The summed E-state index contributed by atoms with van der Waals surface area (Å²) in [5.41, 5.74) is 3.57. The van der Waals surface area contributed by atoms with Crippen LogP contribution in [0.3, 0.4) is 0 Å². The minimum atomic E-state index is 0.424. The van der Waals surface area contributed by atoms with Gasteiger partial charge in [0.05, 0.1) is 0 Å². The second-order valence-corrected chi connectivity index (χ2v) is 7.49. The molecule has 1 aromatic carbocycles. The first-order valence-corrected chi connectivity index (χ1v) is 9.73. The lowest BCUT2D eigenvalue weighted by Crippen LogP contribution is -2.36. The predicted molar refractivity (Wildman–Crippen MR) is 108 cm³/mol. The number of piperidine rings is 1. The number of aromatic nitrogens is 4. The molecular formula is C22H27N5. The second kappa shape index (κ2) is 7.51. The molecule has 2 aromatic heterocycles. The fourth-order valence-electron chi connectivity index (χ4n) is 4.03. The number of aryl methyl sites for hydroxylation is 2. The third-order valence-electron chi connectivity index (χ3n) is 5.50. The maximum Gasteiger partial charge on any atom is 0.135 e. The molecule has 27 heavy (non-hydrogen) atoms. The number of benzene rings is 1. The Balaban J connectivity index is 1.57. The van der Waals surface area contributed by atoms with Gasteiger partial charge in [0.2, 0.25) is 0 Å². The van der Waals surface area contributed by atoms with Crippen molar-refractivity contribution in [3.05, 3.63) is 71.2 Å². The Morgan fingerprint density at radius 2 is 1.89 bits per heavy atom. The van der Waals surface area contributed by atoms with Gasteiger partial charge in [0, 0.05) is 49.2 Å². The highest BCUT2D eigenvalue weighted by Crippen LogP contribution is 2.30. The first-order valence-electron chi connectivity index (χ1n) is 9.73. The van der Waals surface area contributed by atoms with Crippen molar-refractivity contribution in [1.82, 2.24) is 19.5 Å². The van der Waals surface area contributed by atoms with Crippen LogP contribution in [0.15, 0.2) is 42.7 Å². The molecule has 3 heterocycles. The molecule has 0 aliphatic carbocycles. The summed E-state index contributed by atoms with van der Waals surface area (Å²) in [6.45, 7) is 9.06. The van der Waals surface area contributed by atoms with Crippen LogP contribution in [0.25, 0.3) is 0 Å². The van der Waals surface area contributed by atoms with Crippen molar-refractivity contribution in [2.45, 2.75) is 46.1 Å². The van der Waals surface area contributed by atoms with Crippen molar-refractivity contribution in [3.63, 3.8) is 0 Å². The zero-order valence-electron chi connectivity index (χ0n) is 16.4. The Labute approximate surface area is 161 Å². The molecule has 140 valence electrons. The fraction of sp³-hybridized carbons (Fsp3) is 0.409. The highest BCUT2D eigenvalue weighted by Gasteiger charge is 2.27. The van der Waals surface area contributed by atoms with Gasteiger partial charge < -0.3 is 9.47 Å². The summed E-state index contributed by atoms with van der Waals surface area (Å²) >= 11 is 0. The van der Waals surface area contributed by atoms with Crippen molar-refractivity contribution in [3.8, 4) is 0 Å². The molecular weight excluding hydrogens is 334 g/mol. The van der Waals surface area contributed by atoms with Crippen molar-refractivity contribution < 1.29 is 0 Å². The Morgan fingerprint density at radius 1 is 1.07 bits per heavy atom. The van der Waals surface area contributed by atoms with E-state index in [1.807, 2.05) is 13.1 Å². The summed E-state index contributed by atoms with van der Waals surface area (Å²) in [6.07, 6.45) is 6.36. The lowest BCUT2D eigenvalue weighted by Gasteiger charge is -2.34. The summed E-state index contributed by atoms with van der Waals surface area (Å²) < 4.78 is 2.30. The molecule has 5 nitrogen and oxygen atoms in total. The topological polar surface area (TPSA) is 46.8 Å². The standard InChI is InChI=1S/C22H27N5/c1-16-17(2)24-18(3)25-21(16)26-12-7-10-20(15-26)22-23-11-13-27(22)14-19-8-5-4-6-9-19/h4-6,8-9,11,13,20H,7,10,12,14-15H2,1-3H3/t20-/m0/s1. The van der Waals surface area contributed by atoms with E-state index in [1.165, 1.54) is 23.4 Å². The molecule has 1 fully saturated rings. The van der Waals surface area contributed by atoms with Gasteiger partial charge in [-0.2, -0.15) is 0 Å². The van der Waals surface area contributed by atoms with Gasteiger partial charge in [-0.15, -0.1) is 0 Å². The minimum absolute atomic E-state index is 0.424. The van der Waals surface area contributed by atoms with Gasteiger partial charge in [0.25, 0.3) is 0 Å². The molecule has 0 unspecified atom stereocenters. The Morgan fingerprint density at radius 3 is 2.70 bits per heavy atom. The van der Waals surface area contributed by atoms with Gasteiger partial charge in [-0.05, 0) is 39.2 Å². The van der Waals surface area contributed by atoms with Crippen LogP contribution in [-0.2, 0) is 6.54 Å². The third-order valence-corrected chi connectivity index (χ3v) is 5.50. The van der Waals surface area contributed by atoms with Crippen LogP contribution in [-0.4, -0.2) is 32.6 Å². The average Bonchev–Trinajstić information content (AvgIpc) is 3.14. The number of hydrogen-bond acceptors (Lipinski definition) is 4. The number of rotatable bonds is 4. The average molecular weight is 361 g/mol. The maximum atomic E-state index is 4.75. The van der Waals surface area contributed by atoms with Gasteiger partial charge in [-0.1, -0.05) is 30.3 Å². The Bertz CT molecular complexity index is 916. The molecule has 0 amide bonds. The van der Waals surface area contributed by atoms with Crippen LogP contribution in [0.4, 0.5) is 5.82 Å². The largest absolute Gasteiger partial charge is 0.356 e. The van der Waals surface area contributed by atoms with Gasteiger partial charge in [0.1, 0.15) is 17.5 Å². The Kier molecular flexibility index (Phi) is 4.92. The quantitative estimate of drug-likeness (QED) is 0.704. The number of imidazole rings is 1. The summed E-state index contributed by atoms with van der Waals surface area (Å²) in [6, 6.07) is 10.6. The summed E-state index contributed by atoms with van der Waals surface area (Å²) in [4.78, 5) is 16.4. The highest BCUT2D eigenvalue weighted by molar-refractivity contribution is 5.49. The van der Waals surface area contributed by atoms with Crippen LogP contribution in [0.1, 0.15) is 47.2 Å². The van der Waals surface area contributed by atoms with Gasteiger partial charge in [0.15, 0.2) is 0 Å². The fourth-order valence-corrected chi connectivity index (χ4v) is 4.03. The second-order valence-electron chi connectivity index (χ2n) is 7.49. The van der Waals surface area contributed by atoms with Crippen LogP contribution in [0.5, 0.6) is 0 Å². The van der Waals surface area contributed by atoms with E-state index in [9.17, 15) is 0 Å².